The average molecular weight is 365 g/mol. The van der Waals surface area contributed by atoms with Crippen LogP contribution in [0.5, 0.6) is 0 Å². The molecule has 26 heavy (non-hydrogen) atoms. The SMILES string of the molecule is CC12CCC(O)CC1C(O)C(O)C1C3CCC(CCCC=O)C3CCC12. The molecule has 0 aromatic heterocycles. The molecule has 0 aromatic rings. The number of carbonyl (C=O) groups excluding carboxylic acids is 1. The van der Waals surface area contributed by atoms with Gasteiger partial charge in [0, 0.05) is 6.42 Å². The number of unbranched alkanes of at least 4 members (excludes halogenated alkanes) is 1. The van der Waals surface area contributed by atoms with Gasteiger partial charge in [-0.05, 0) is 98.7 Å². The largest absolute Gasteiger partial charge is 0.393 e. The van der Waals surface area contributed by atoms with Crippen LogP contribution in [-0.2, 0) is 4.79 Å². The molecule has 4 rings (SSSR count). The molecule has 0 aliphatic heterocycles. The van der Waals surface area contributed by atoms with Crippen LogP contribution in [0.25, 0.3) is 0 Å². The van der Waals surface area contributed by atoms with E-state index in [0.717, 1.165) is 38.4 Å². The number of hydrogen-bond donors (Lipinski definition) is 3. The fourth-order valence-electron chi connectivity index (χ4n) is 7.86. The van der Waals surface area contributed by atoms with E-state index < -0.39 is 12.2 Å². The van der Waals surface area contributed by atoms with Gasteiger partial charge >= 0.3 is 0 Å². The summed E-state index contributed by atoms with van der Waals surface area (Å²) in [6.07, 6.45) is 9.43. The monoisotopic (exact) mass is 364 g/mol. The third-order valence-electron chi connectivity index (χ3n) is 9.09. The molecule has 0 heterocycles. The molecule has 0 radical (unpaired) electrons. The standard InChI is InChI=1S/C22H36O4/c1-22-10-9-14(24)12-18(22)20(25)21(26)19-16-6-5-13(4-2-3-11-23)15(16)7-8-17(19)22/h11,13-21,24-26H,2-10,12H2,1H3. The van der Waals surface area contributed by atoms with Crippen LogP contribution in [0.15, 0.2) is 0 Å². The van der Waals surface area contributed by atoms with Crippen LogP contribution in [0.3, 0.4) is 0 Å². The van der Waals surface area contributed by atoms with Gasteiger partial charge in [-0.2, -0.15) is 0 Å². The first kappa shape index (κ1) is 18.9. The second-order valence-corrected chi connectivity index (χ2v) is 10.0. The van der Waals surface area contributed by atoms with Crippen molar-refractivity contribution in [3.8, 4) is 0 Å². The first-order chi connectivity index (χ1) is 12.5. The van der Waals surface area contributed by atoms with E-state index in [0.29, 0.717) is 36.5 Å². The minimum atomic E-state index is -0.691. The Hall–Kier alpha value is -0.450. The second-order valence-electron chi connectivity index (χ2n) is 10.0. The highest BCUT2D eigenvalue weighted by Crippen LogP contribution is 2.64. The van der Waals surface area contributed by atoms with E-state index in [1.165, 1.54) is 19.3 Å². The maximum Gasteiger partial charge on any atom is 0.119 e. The van der Waals surface area contributed by atoms with Gasteiger partial charge in [0.25, 0.3) is 0 Å². The van der Waals surface area contributed by atoms with Crippen LogP contribution in [0.1, 0.15) is 71.1 Å². The number of hydrogen-bond acceptors (Lipinski definition) is 4. The van der Waals surface area contributed by atoms with Crippen LogP contribution in [-0.4, -0.2) is 39.9 Å². The molecule has 0 aromatic carbocycles. The van der Waals surface area contributed by atoms with Crippen molar-refractivity contribution in [1.82, 2.24) is 0 Å². The molecule has 0 amide bonds. The Morgan fingerprint density at radius 3 is 2.50 bits per heavy atom. The highest BCUT2D eigenvalue weighted by molar-refractivity contribution is 5.48. The summed E-state index contributed by atoms with van der Waals surface area (Å²) in [4.78, 5) is 10.6. The third kappa shape index (κ3) is 2.87. The molecule has 10 atom stereocenters. The molecule has 4 fully saturated rings. The van der Waals surface area contributed by atoms with Gasteiger partial charge < -0.3 is 20.1 Å². The number of fused-ring (bicyclic) bond motifs is 5. The van der Waals surface area contributed by atoms with Gasteiger partial charge in [0.2, 0.25) is 0 Å². The van der Waals surface area contributed by atoms with Crippen LogP contribution >= 0.6 is 0 Å². The lowest BCUT2D eigenvalue weighted by Gasteiger charge is -2.61. The summed E-state index contributed by atoms with van der Waals surface area (Å²) >= 11 is 0. The molecule has 0 saturated heterocycles. The van der Waals surface area contributed by atoms with Gasteiger partial charge in [-0.3, -0.25) is 0 Å². The number of rotatable bonds is 4. The maximum absolute atomic E-state index is 11.1. The second kappa shape index (κ2) is 7.18. The fourth-order valence-corrected chi connectivity index (χ4v) is 7.86. The van der Waals surface area contributed by atoms with Crippen molar-refractivity contribution >= 4 is 6.29 Å². The molecule has 0 bridgehead atoms. The van der Waals surface area contributed by atoms with E-state index in [1.54, 1.807) is 0 Å². The maximum atomic E-state index is 11.1. The number of aliphatic hydroxyl groups is 3. The van der Waals surface area contributed by atoms with E-state index in [1.807, 2.05) is 0 Å². The van der Waals surface area contributed by atoms with E-state index in [2.05, 4.69) is 6.92 Å². The van der Waals surface area contributed by atoms with Crippen molar-refractivity contribution in [2.75, 3.05) is 0 Å². The Labute approximate surface area is 157 Å². The smallest absolute Gasteiger partial charge is 0.119 e. The molecule has 4 heteroatoms. The van der Waals surface area contributed by atoms with Crippen molar-refractivity contribution < 1.29 is 20.1 Å². The van der Waals surface area contributed by atoms with Crippen LogP contribution < -0.4 is 0 Å². The Balaban J connectivity index is 1.55. The summed E-state index contributed by atoms with van der Waals surface area (Å²) in [5, 5.41) is 32.2. The lowest BCUT2D eigenvalue weighted by molar-refractivity contribution is -0.213. The van der Waals surface area contributed by atoms with Gasteiger partial charge in [-0.1, -0.05) is 6.92 Å². The summed E-state index contributed by atoms with van der Waals surface area (Å²) in [6.45, 7) is 2.33. The molecule has 0 spiro atoms. The molecular formula is C22H36O4. The van der Waals surface area contributed by atoms with Crippen molar-refractivity contribution in [1.29, 1.82) is 0 Å². The summed E-state index contributed by atoms with van der Waals surface area (Å²) in [5.41, 5.74) is 0.0586. The highest BCUT2D eigenvalue weighted by atomic mass is 16.3. The predicted molar refractivity (Wildman–Crippen MR) is 99.3 cm³/mol. The Kier molecular flexibility index (Phi) is 5.22. The van der Waals surface area contributed by atoms with Crippen molar-refractivity contribution in [3.05, 3.63) is 0 Å². The molecule has 148 valence electrons. The minimum absolute atomic E-state index is 0.0313. The zero-order chi connectivity index (χ0) is 18.5. The molecule has 4 nitrogen and oxygen atoms in total. The van der Waals surface area contributed by atoms with Crippen LogP contribution in [0, 0.1) is 40.9 Å². The lowest BCUT2D eigenvalue weighted by atomic mass is 9.45. The first-order valence-electron chi connectivity index (χ1n) is 10.9. The van der Waals surface area contributed by atoms with Crippen molar-refractivity contribution in [3.63, 3.8) is 0 Å². The molecule has 4 aliphatic carbocycles. The summed E-state index contributed by atoms with van der Waals surface area (Å²) in [5.74, 6) is 2.63. The van der Waals surface area contributed by atoms with Crippen molar-refractivity contribution in [2.24, 2.45) is 40.9 Å². The topological polar surface area (TPSA) is 77.8 Å². The van der Waals surface area contributed by atoms with Crippen LogP contribution in [0.4, 0.5) is 0 Å². The van der Waals surface area contributed by atoms with Gasteiger partial charge in [0.1, 0.15) is 6.29 Å². The quantitative estimate of drug-likeness (QED) is 0.529. The Bertz CT molecular complexity index is 522. The normalized spacial score (nSPS) is 53.5. The van der Waals surface area contributed by atoms with Crippen molar-refractivity contribution in [2.45, 2.75) is 89.4 Å². The van der Waals surface area contributed by atoms with Gasteiger partial charge in [-0.25, -0.2) is 0 Å². The minimum Gasteiger partial charge on any atom is -0.393 e. The highest BCUT2D eigenvalue weighted by Gasteiger charge is 2.62. The first-order valence-corrected chi connectivity index (χ1v) is 10.9. The van der Waals surface area contributed by atoms with E-state index in [-0.39, 0.29) is 23.4 Å². The van der Waals surface area contributed by atoms with Gasteiger partial charge in [-0.15, -0.1) is 0 Å². The van der Waals surface area contributed by atoms with E-state index >= 15 is 0 Å². The molecule has 4 aliphatic rings. The third-order valence-corrected chi connectivity index (χ3v) is 9.09. The Morgan fingerprint density at radius 1 is 0.962 bits per heavy atom. The number of aldehydes is 1. The summed E-state index contributed by atoms with van der Waals surface area (Å²) in [7, 11) is 0. The molecular weight excluding hydrogens is 328 g/mol. The number of aliphatic hydroxyl groups excluding tert-OH is 3. The average Bonchev–Trinajstić information content (AvgIpc) is 3.04. The van der Waals surface area contributed by atoms with Crippen LogP contribution in [0.2, 0.25) is 0 Å². The Morgan fingerprint density at radius 2 is 1.73 bits per heavy atom. The summed E-state index contributed by atoms with van der Waals surface area (Å²) in [6, 6.07) is 0. The number of carbonyl (C=O) groups is 1. The zero-order valence-electron chi connectivity index (χ0n) is 16.1. The summed E-state index contributed by atoms with van der Waals surface area (Å²) < 4.78 is 0. The molecule has 10 unspecified atom stereocenters. The molecule has 4 saturated carbocycles. The van der Waals surface area contributed by atoms with E-state index in [9.17, 15) is 20.1 Å². The lowest BCUT2D eigenvalue weighted by Crippen LogP contribution is -2.63. The van der Waals surface area contributed by atoms with Gasteiger partial charge in [0.15, 0.2) is 0 Å². The van der Waals surface area contributed by atoms with E-state index in [4.69, 9.17) is 0 Å². The predicted octanol–water partition coefficient (Wildman–Crippen LogP) is 2.93. The zero-order valence-corrected chi connectivity index (χ0v) is 16.1. The molecule has 3 N–H and O–H groups in total. The van der Waals surface area contributed by atoms with Gasteiger partial charge in [0.05, 0.1) is 18.3 Å². The fraction of sp³-hybridized carbons (Fsp3) is 0.955.